The summed E-state index contributed by atoms with van der Waals surface area (Å²) in [5.74, 6) is 0.178. The lowest BCUT2D eigenvalue weighted by Crippen LogP contribution is -2.14. The van der Waals surface area contributed by atoms with Crippen molar-refractivity contribution in [2.45, 2.75) is 0 Å². The zero-order chi connectivity index (χ0) is 21.8. The normalized spacial score (nSPS) is 11.0. The molecule has 5 nitrogen and oxygen atoms in total. The Morgan fingerprint density at radius 2 is 1.77 bits per heavy atom. The van der Waals surface area contributed by atoms with Crippen molar-refractivity contribution in [3.8, 4) is 22.7 Å². The summed E-state index contributed by atoms with van der Waals surface area (Å²) in [6.07, 6.45) is 4.75. The molecule has 0 aliphatic heterocycles. The standard InChI is InChI=1S/C25H19FN2O3/c1-31-22-12-8-18(9-13-22)23-16-28(25(30)27-23)21-4-2-3-19(15-21)24(29)14-7-17-5-10-20(26)11-6-17/h2-16H,1H3,(H,27,30). The summed E-state index contributed by atoms with van der Waals surface area (Å²) in [6, 6.07) is 20.0. The number of ketones is 1. The maximum Gasteiger partial charge on any atom is 0.330 e. The third-order valence-electron chi connectivity index (χ3n) is 4.83. The van der Waals surface area contributed by atoms with Crippen LogP contribution < -0.4 is 10.4 Å². The van der Waals surface area contributed by atoms with Gasteiger partial charge in [-0.25, -0.2) is 9.18 Å². The monoisotopic (exact) mass is 414 g/mol. The first kappa shape index (κ1) is 20.1. The van der Waals surface area contributed by atoms with Gasteiger partial charge in [-0.1, -0.05) is 30.3 Å². The van der Waals surface area contributed by atoms with E-state index in [2.05, 4.69) is 4.98 Å². The minimum Gasteiger partial charge on any atom is -0.497 e. The van der Waals surface area contributed by atoms with Gasteiger partial charge < -0.3 is 9.72 Å². The lowest BCUT2D eigenvalue weighted by Gasteiger charge is -2.03. The molecule has 1 aromatic heterocycles. The van der Waals surface area contributed by atoms with Gasteiger partial charge >= 0.3 is 5.69 Å². The SMILES string of the molecule is COc1ccc(-c2cn(-c3cccc(C(=O)C=Cc4ccc(F)cc4)c3)c(=O)[nH]2)cc1. The van der Waals surface area contributed by atoms with Crippen molar-refractivity contribution in [3.05, 3.63) is 112 Å². The average molecular weight is 414 g/mol. The molecule has 0 saturated carbocycles. The van der Waals surface area contributed by atoms with Crippen molar-refractivity contribution in [1.29, 1.82) is 0 Å². The number of carbonyl (C=O) groups is 1. The lowest BCUT2D eigenvalue weighted by molar-refractivity contribution is 0.104. The van der Waals surface area contributed by atoms with Crippen LogP contribution in [0.25, 0.3) is 23.0 Å². The molecule has 0 aliphatic rings. The van der Waals surface area contributed by atoms with Crippen molar-refractivity contribution in [3.63, 3.8) is 0 Å². The number of imidazole rings is 1. The van der Waals surface area contributed by atoms with E-state index in [1.54, 1.807) is 55.8 Å². The fraction of sp³-hybridized carbons (Fsp3) is 0.0400. The van der Waals surface area contributed by atoms with E-state index in [9.17, 15) is 14.0 Å². The van der Waals surface area contributed by atoms with Gasteiger partial charge in [0.2, 0.25) is 0 Å². The summed E-state index contributed by atoms with van der Waals surface area (Å²) in [7, 11) is 1.59. The molecule has 154 valence electrons. The Labute approximate surface area is 178 Å². The van der Waals surface area contributed by atoms with Crippen LogP contribution in [0.2, 0.25) is 0 Å². The summed E-state index contributed by atoms with van der Waals surface area (Å²) in [5.41, 5.74) is 2.91. The molecule has 6 heteroatoms. The van der Waals surface area contributed by atoms with E-state index in [1.165, 1.54) is 22.8 Å². The number of methoxy groups -OCH3 is 1. The minimum absolute atomic E-state index is 0.217. The molecule has 0 saturated heterocycles. The van der Waals surface area contributed by atoms with Crippen LogP contribution in [0.4, 0.5) is 4.39 Å². The molecule has 0 aliphatic carbocycles. The molecular formula is C25H19FN2O3. The van der Waals surface area contributed by atoms with Gasteiger partial charge in [0.25, 0.3) is 0 Å². The zero-order valence-electron chi connectivity index (χ0n) is 16.7. The molecule has 0 atom stereocenters. The zero-order valence-corrected chi connectivity index (χ0v) is 16.7. The topological polar surface area (TPSA) is 64.1 Å². The molecule has 31 heavy (non-hydrogen) atoms. The van der Waals surface area contributed by atoms with Crippen LogP contribution in [-0.2, 0) is 0 Å². The molecule has 0 fully saturated rings. The quantitative estimate of drug-likeness (QED) is 0.361. The molecule has 1 heterocycles. The molecule has 4 aromatic rings. The van der Waals surface area contributed by atoms with Crippen molar-refractivity contribution in [1.82, 2.24) is 9.55 Å². The first-order chi connectivity index (χ1) is 15.0. The molecule has 0 bridgehead atoms. The Bertz CT molecular complexity index is 1300. The minimum atomic E-state index is -0.331. The number of ether oxygens (including phenoxy) is 1. The summed E-state index contributed by atoms with van der Waals surface area (Å²) in [5, 5.41) is 0. The molecule has 0 spiro atoms. The second-order valence-corrected chi connectivity index (χ2v) is 6.87. The number of aromatic amines is 1. The Balaban J connectivity index is 1.59. The third kappa shape index (κ3) is 4.53. The maximum absolute atomic E-state index is 13.0. The Morgan fingerprint density at radius 3 is 2.48 bits per heavy atom. The third-order valence-corrected chi connectivity index (χ3v) is 4.83. The van der Waals surface area contributed by atoms with Crippen molar-refractivity contribution >= 4 is 11.9 Å². The Kier molecular flexibility index (Phi) is 5.62. The molecule has 4 rings (SSSR count). The highest BCUT2D eigenvalue weighted by Crippen LogP contribution is 2.21. The van der Waals surface area contributed by atoms with Gasteiger partial charge in [-0.15, -0.1) is 0 Å². The van der Waals surface area contributed by atoms with E-state index in [0.29, 0.717) is 16.9 Å². The van der Waals surface area contributed by atoms with Crippen molar-refractivity contribution < 1.29 is 13.9 Å². The van der Waals surface area contributed by atoms with E-state index in [-0.39, 0.29) is 17.3 Å². The van der Waals surface area contributed by atoms with Crippen LogP contribution in [0, 0.1) is 5.82 Å². The predicted molar refractivity (Wildman–Crippen MR) is 118 cm³/mol. The van der Waals surface area contributed by atoms with Crippen LogP contribution in [0.3, 0.4) is 0 Å². The molecule has 1 N–H and O–H groups in total. The Morgan fingerprint density at radius 1 is 1.03 bits per heavy atom. The summed E-state index contributed by atoms with van der Waals surface area (Å²) >= 11 is 0. The van der Waals surface area contributed by atoms with E-state index >= 15 is 0 Å². The van der Waals surface area contributed by atoms with Gasteiger partial charge in [0.1, 0.15) is 11.6 Å². The lowest BCUT2D eigenvalue weighted by atomic mass is 10.1. The first-order valence-electron chi connectivity index (χ1n) is 9.58. The maximum atomic E-state index is 13.0. The number of nitrogens with one attached hydrogen (secondary N) is 1. The van der Waals surface area contributed by atoms with Crippen LogP contribution in [0.15, 0.2) is 89.9 Å². The number of hydrogen-bond acceptors (Lipinski definition) is 3. The number of halogens is 1. The summed E-state index contributed by atoms with van der Waals surface area (Å²) < 4.78 is 19.6. The van der Waals surface area contributed by atoms with E-state index in [4.69, 9.17) is 4.74 Å². The molecular weight excluding hydrogens is 395 g/mol. The highest BCUT2D eigenvalue weighted by Gasteiger charge is 2.10. The average Bonchev–Trinajstić information content (AvgIpc) is 3.20. The van der Waals surface area contributed by atoms with Gasteiger partial charge in [-0.3, -0.25) is 9.36 Å². The van der Waals surface area contributed by atoms with Crippen LogP contribution >= 0.6 is 0 Å². The van der Waals surface area contributed by atoms with Gasteiger partial charge in [0, 0.05) is 11.8 Å². The highest BCUT2D eigenvalue weighted by atomic mass is 19.1. The fourth-order valence-corrected chi connectivity index (χ4v) is 3.16. The van der Waals surface area contributed by atoms with Gasteiger partial charge in [0.05, 0.1) is 18.5 Å². The molecule has 0 radical (unpaired) electrons. The molecule has 0 amide bonds. The number of aromatic nitrogens is 2. The fourth-order valence-electron chi connectivity index (χ4n) is 3.16. The Hall–Kier alpha value is -4.19. The van der Waals surface area contributed by atoms with Crippen LogP contribution in [0.5, 0.6) is 5.75 Å². The number of rotatable bonds is 6. The second kappa shape index (κ2) is 8.67. The summed E-state index contributed by atoms with van der Waals surface area (Å²) in [6.45, 7) is 0. The number of H-pyrrole nitrogens is 1. The molecule has 3 aromatic carbocycles. The van der Waals surface area contributed by atoms with E-state index in [1.807, 2.05) is 24.3 Å². The van der Waals surface area contributed by atoms with Gasteiger partial charge in [-0.2, -0.15) is 0 Å². The molecule has 0 unspecified atom stereocenters. The number of benzene rings is 3. The largest absolute Gasteiger partial charge is 0.497 e. The highest BCUT2D eigenvalue weighted by molar-refractivity contribution is 6.07. The van der Waals surface area contributed by atoms with Crippen molar-refractivity contribution in [2.75, 3.05) is 7.11 Å². The van der Waals surface area contributed by atoms with Gasteiger partial charge in [0.15, 0.2) is 5.78 Å². The second-order valence-electron chi connectivity index (χ2n) is 6.87. The number of hydrogen-bond donors (Lipinski definition) is 1. The first-order valence-corrected chi connectivity index (χ1v) is 9.58. The smallest absolute Gasteiger partial charge is 0.330 e. The van der Waals surface area contributed by atoms with Crippen LogP contribution in [-0.4, -0.2) is 22.4 Å². The van der Waals surface area contributed by atoms with Crippen molar-refractivity contribution in [2.24, 2.45) is 0 Å². The summed E-state index contributed by atoms with van der Waals surface area (Å²) in [4.78, 5) is 27.9. The van der Waals surface area contributed by atoms with E-state index < -0.39 is 0 Å². The van der Waals surface area contributed by atoms with Crippen LogP contribution in [0.1, 0.15) is 15.9 Å². The number of carbonyl (C=O) groups excluding carboxylic acids is 1. The number of nitrogens with zero attached hydrogens (tertiary/aromatic N) is 1. The predicted octanol–water partition coefficient (Wildman–Crippen LogP) is 4.88. The number of allylic oxidation sites excluding steroid dienone is 1. The van der Waals surface area contributed by atoms with E-state index in [0.717, 1.165) is 16.9 Å². The van der Waals surface area contributed by atoms with Gasteiger partial charge in [-0.05, 0) is 65.7 Å².